The molecule has 0 unspecified atom stereocenters. The summed E-state index contributed by atoms with van der Waals surface area (Å²) < 4.78 is 34.0. The van der Waals surface area contributed by atoms with E-state index in [1.54, 1.807) is 44.0 Å². The number of hydrogen-bond donors (Lipinski definition) is 2. The fourth-order valence-corrected chi connectivity index (χ4v) is 5.59. The van der Waals surface area contributed by atoms with E-state index in [1.165, 1.54) is 6.07 Å². The number of hydrogen-bond acceptors (Lipinski definition) is 6. The number of carbonyl (C=O) groups is 2. The molecule has 0 bridgehead atoms. The van der Waals surface area contributed by atoms with Gasteiger partial charge >= 0.3 is 0 Å². The van der Waals surface area contributed by atoms with Gasteiger partial charge in [-0.3, -0.25) is 9.59 Å². The van der Waals surface area contributed by atoms with Gasteiger partial charge < -0.3 is 14.7 Å². The summed E-state index contributed by atoms with van der Waals surface area (Å²) in [5, 5.41) is 6.76. The lowest BCUT2D eigenvalue weighted by molar-refractivity contribution is -0.140. The largest absolute Gasteiger partial charge is 0.350 e. The Morgan fingerprint density at radius 1 is 1.05 bits per heavy atom. The molecule has 2 N–H and O–H groups in total. The Morgan fingerprint density at radius 3 is 2.31 bits per heavy atom. The molecule has 0 aliphatic heterocycles. The third-order valence-electron chi connectivity index (χ3n) is 6.75. The molecule has 10 heteroatoms. The Bertz CT molecular complexity index is 1400. The zero-order valence-electron chi connectivity index (χ0n) is 23.4. The van der Waals surface area contributed by atoms with Crippen LogP contribution in [0, 0.1) is 19.8 Å². The molecule has 3 rings (SSSR count). The molecule has 1 heterocycles. The maximum Gasteiger partial charge on any atom is 0.264 e. The summed E-state index contributed by atoms with van der Waals surface area (Å²) in [6, 6.07) is 13.5. The van der Waals surface area contributed by atoms with Gasteiger partial charge in [-0.15, -0.1) is 0 Å². The zero-order chi connectivity index (χ0) is 28.7. The second-order valence-corrected chi connectivity index (χ2v) is 11.7. The van der Waals surface area contributed by atoms with Crippen molar-refractivity contribution >= 4 is 27.7 Å². The molecular formula is C29H38N4O5S. The third kappa shape index (κ3) is 7.26. The number of nitrogens with zero attached hydrogens (tertiary/aromatic N) is 2. The lowest BCUT2D eigenvalue weighted by Gasteiger charge is -2.30. The van der Waals surface area contributed by atoms with E-state index in [4.69, 9.17) is 4.52 Å². The molecule has 39 heavy (non-hydrogen) atoms. The molecule has 2 amide bonds. The van der Waals surface area contributed by atoms with Gasteiger partial charge in [-0.25, -0.2) is 13.1 Å². The summed E-state index contributed by atoms with van der Waals surface area (Å²) in [6.45, 7) is 9.63. The Kier molecular flexibility index (Phi) is 9.91. The van der Waals surface area contributed by atoms with Gasteiger partial charge in [-0.1, -0.05) is 74.8 Å². The molecule has 3 aromatic rings. The minimum atomic E-state index is -3.94. The lowest BCUT2D eigenvalue weighted by Crippen LogP contribution is -2.50. The number of aryl methyl sites for hydroxylation is 1. The van der Waals surface area contributed by atoms with E-state index in [0.717, 1.165) is 18.4 Å². The van der Waals surface area contributed by atoms with Crippen molar-refractivity contribution in [1.29, 1.82) is 0 Å². The fraction of sp³-hybridized carbons (Fsp3) is 0.414. The van der Waals surface area contributed by atoms with Crippen LogP contribution in [-0.4, -0.2) is 43.4 Å². The molecule has 0 fully saturated rings. The van der Waals surface area contributed by atoms with E-state index in [1.807, 2.05) is 45.0 Å². The number of sulfonamides is 1. The quantitative estimate of drug-likeness (QED) is 0.323. The van der Waals surface area contributed by atoms with Gasteiger partial charge in [0.15, 0.2) is 0 Å². The number of anilines is 1. The maximum atomic E-state index is 13.2. The average Bonchev–Trinajstić information content (AvgIpc) is 3.22. The normalized spacial score (nSPS) is 12.3. The molecular weight excluding hydrogens is 516 g/mol. The Balaban J connectivity index is 1.73. The van der Waals surface area contributed by atoms with E-state index in [0.29, 0.717) is 28.8 Å². The molecule has 0 radical (unpaired) electrons. The number of benzene rings is 2. The first-order valence-electron chi connectivity index (χ1n) is 13.1. The van der Waals surface area contributed by atoms with Crippen molar-refractivity contribution < 1.29 is 22.5 Å². The number of amides is 2. The van der Waals surface area contributed by atoms with Gasteiger partial charge in [0.05, 0.1) is 10.6 Å². The highest BCUT2D eigenvalue weighted by atomic mass is 32.2. The van der Waals surface area contributed by atoms with Crippen molar-refractivity contribution in [2.45, 2.75) is 71.4 Å². The van der Waals surface area contributed by atoms with Gasteiger partial charge in [0.25, 0.3) is 10.0 Å². The number of aromatic nitrogens is 1. The van der Waals surface area contributed by atoms with Crippen molar-refractivity contribution in [1.82, 2.24) is 15.4 Å². The number of carbonyl (C=O) groups excluding carboxylic acids is 2. The van der Waals surface area contributed by atoms with Gasteiger partial charge in [0.1, 0.15) is 6.04 Å². The van der Waals surface area contributed by atoms with Crippen LogP contribution in [0.3, 0.4) is 0 Å². The van der Waals surface area contributed by atoms with Crippen LogP contribution >= 0.6 is 0 Å². The Hall–Kier alpha value is -3.66. The number of rotatable bonds is 12. The smallest absolute Gasteiger partial charge is 0.264 e. The summed E-state index contributed by atoms with van der Waals surface area (Å²) in [5.41, 5.74) is 3.32. The molecule has 0 saturated heterocycles. The minimum absolute atomic E-state index is 0.0354. The Morgan fingerprint density at radius 2 is 1.72 bits per heavy atom. The second kappa shape index (κ2) is 12.9. The van der Waals surface area contributed by atoms with Crippen LogP contribution in [0.2, 0.25) is 0 Å². The predicted molar refractivity (Wildman–Crippen MR) is 151 cm³/mol. The molecule has 0 aliphatic carbocycles. The number of nitrogens with one attached hydrogen (secondary N) is 2. The van der Waals surface area contributed by atoms with Crippen molar-refractivity contribution in [3.63, 3.8) is 0 Å². The molecule has 1 aromatic heterocycles. The molecule has 210 valence electrons. The first kappa shape index (κ1) is 29.9. The third-order valence-corrected chi connectivity index (χ3v) is 8.14. The van der Waals surface area contributed by atoms with Crippen LogP contribution < -0.4 is 10.0 Å². The predicted octanol–water partition coefficient (Wildman–Crippen LogP) is 5.05. The highest BCUT2D eigenvalue weighted by Gasteiger charge is 2.29. The van der Waals surface area contributed by atoms with Crippen molar-refractivity contribution in [3.05, 3.63) is 65.4 Å². The maximum absolute atomic E-state index is 13.2. The zero-order valence-corrected chi connectivity index (χ0v) is 24.3. The summed E-state index contributed by atoms with van der Waals surface area (Å²) in [4.78, 5) is 27.2. The number of likely N-dealkylation sites (N-methyl/N-ethyl adjacent to an activating group) is 1. The molecule has 1 atom stereocenters. The van der Waals surface area contributed by atoms with Gasteiger partial charge in [0.2, 0.25) is 17.7 Å². The standard InChI is InChI=1S/C29H38N4O5S/c1-7-8-13-26(34)33(6)27(19(2)3)28(35)30-18-22-14-16-23(17-15-22)24-11-9-10-12-25(24)39(36,37)32-29-20(4)21(5)31-38-29/h9-12,14-17,19,27,32H,7-8,13,18H2,1-6H3,(H,30,35)/t27-/m0/s1. The van der Waals surface area contributed by atoms with E-state index in [2.05, 4.69) is 15.2 Å². The van der Waals surface area contributed by atoms with E-state index >= 15 is 0 Å². The van der Waals surface area contributed by atoms with Crippen molar-refractivity contribution in [2.75, 3.05) is 11.8 Å². The SMILES string of the molecule is CCCCC(=O)N(C)[C@H](C(=O)NCc1ccc(-c2ccccc2S(=O)(=O)Nc2onc(C)c2C)cc1)C(C)C. The van der Waals surface area contributed by atoms with Gasteiger partial charge in [0, 0.05) is 31.1 Å². The molecule has 0 aliphatic rings. The molecule has 0 saturated carbocycles. The van der Waals surface area contributed by atoms with Gasteiger partial charge in [-0.05, 0) is 43.4 Å². The monoisotopic (exact) mass is 554 g/mol. The van der Waals surface area contributed by atoms with Crippen molar-refractivity contribution in [2.24, 2.45) is 5.92 Å². The summed E-state index contributed by atoms with van der Waals surface area (Å²) in [7, 11) is -2.26. The van der Waals surface area contributed by atoms with Crippen LogP contribution in [-0.2, 0) is 26.2 Å². The van der Waals surface area contributed by atoms with E-state index in [-0.39, 0.29) is 35.1 Å². The first-order valence-corrected chi connectivity index (χ1v) is 14.6. The fourth-order valence-electron chi connectivity index (χ4n) is 4.31. The first-order chi connectivity index (χ1) is 18.5. The minimum Gasteiger partial charge on any atom is -0.350 e. The highest BCUT2D eigenvalue weighted by molar-refractivity contribution is 7.92. The summed E-state index contributed by atoms with van der Waals surface area (Å²) >= 11 is 0. The van der Waals surface area contributed by atoms with Crippen LogP contribution in [0.15, 0.2) is 57.9 Å². The second-order valence-electron chi connectivity index (χ2n) is 10.0. The molecule has 0 spiro atoms. The number of unbranched alkanes of at least 4 members (excludes halogenated alkanes) is 1. The summed E-state index contributed by atoms with van der Waals surface area (Å²) in [6.07, 6.45) is 2.14. The molecule has 9 nitrogen and oxygen atoms in total. The highest BCUT2D eigenvalue weighted by Crippen LogP contribution is 2.30. The topological polar surface area (TPSA) is 122 Å². The lowest BCUT2D eigenvalue weighted by atomic mass is 10.0. The van der Waals surface area contributed by atoms with Gasteiger partial charge in [-0.2, -0.15) is 0 Å². The average molecular weight is 555 g/mol. The van der Waals surface area contributed by atoms with Crippen molar-refractivity contribution in [3.8, 4) is 11.1 Å². The van der Waals surface area contributed by atoms with Crippen LogP contribution in [0.1, 0.15) is 56.9 Å². The van der Waals surface area contributed by atoms with E-state index < -0.39 is 16.1 Å². The Labute approximate surface area is 231 Å². The molecule has 2 aromatic carbocycles. The van der Waals surface area contributed by atoms with Crippen LogP contribution in [0.5, 0.6) is 0 Å². The van der Waals surface area contributed by atoms with Crippen LogP contribution in [0.25, 0.3) is 11.1 Å². The summed E-state index contributed by atoms with van der Waals surface area (Å²) in [5.74, 6) is -0.195. The van der Waals surface area contributed by atoms with E-state index in [9.17, 15) is 18.0 Å². The van der Waals surface area contributed by atoms with Crippen LogP contribution in [0.4, 0.5) is 5.88 Å².